The summed E-state index contributed by atoms with van der Waals surface area (Å²) in [4.78, 5) is 40.7. The quantitative estimate of drug-likeness (QED) is 0.106. The van der Waals surface area contributed by atoms with Gasteiger partial charge in [-0.1, -0.05) is 83.0 Å². The molecular weight excluding hydrogens is 584 g/mol. The predicted octanol–water partition coefficient (Wildman–Crippen LogP) is 9.30. The normalized spacial score (nSPS) is 10.5. The van der Waals surface area contributed by atoms with Crippen LogP contribution in [0.15, 0.2) is 92.5 Å². The molecule has 0 unspecified atom stereocenters. The lowest BCUT2D eigenvalue weighted by Crippen LogP contribution is -2.15. The average molecular weight is 629 g/mol. The lowest BCUT2D eigenvalue weighted by atomic mass is 10.1. The Labute approximate surface area is 277 Å². The number of pyridine rings is 3. The number of nitrogens with zero attached hydrogens (tertiary/aromatic N) is 3. The smallest absolute Gasteiger partial charge is 0.275 e. The molecule has 0 aliphatic carbocycles. The topological polar surface area (TPSA) is 113 Å². The lowest BCUT2D eigenvalue weighted by Gasteiger charge is -2.09. The van der Waals surface area contributed by atoms with Crippen molar-refractivity contribution in [3.8, 4) is 0 Å². The third-order valence-electron chi connectivity index (χ3n) is 7.78. The van der Waals surface area contributed by atoms with Gasteiger partial charge in [-0.3, -0.25) is 19.6 Å². The van der Waals surface area contributed by atoms with Crippen molar-refractivity contribution in [2.45, 2.75) is 65.2 Å². The maximum atomic E-state index is 12.4. The summed E-state index contributed by atoms with van der Waals surface area (Å²) >= 11 is 0. The first-order chi connectivity index (χ1) is 23.0. The van der Waals surface area contributed by atoms with Crippen LogP contribution in [-0.4, -0.2) is 31.8 Å². The molecule has 8 heteroatoms. The second kappa shape index (κ2) is 17.9. The first-order valence-corrected chi connectivity index (χ1v) is 16.3. The molecule has 4 heterocycles. The molecule has 0 fully saturated rings. The molecule has 3 N–H and O–H groups in total. The van der Waals surface area contributed by atoms with Crippen molar-refractivity contribution in [2.24, 2.45) is 0 Å². The van der Waals surface area contributed by atoms with Crippen molar-refractivity contribution in [2.75, 3.05) is 10.6 Å². The first-order valence-electron chi connectivity index (χ1n) is 16.3. The second-order valence-corrected chi connectivity index (χ2v) is 11.2. The van der Waals surface area contributed by atoms with Gasteiger partial charge in [0.25, 0.3) is 11.8 Å². The Bertz CT molecular complexity index is 1770. The van der Waals surface area contributed by atoms with Crippen molar-refractivity contribution in [3.63, 3.8) is 0 Å². The fraction of sp³-hybridized carbons (Fsp3) is 0.256. The summed E-state index contributed by atoms with van der Waals surface area (Å²) in [6.45, 7) is 11.9. The molecule has 0 atom stereocenters. The Kier molecular flexibility index (Phi) is 13.2. The van der Waals surface area contributed by atoms with Crippen molar-refractivity contribution in [1.29, 1.82) is 0 Å². The van der Waals surface area contributed by atoms with E-state index in [1.54, 1.807) is 42.9 Å². The van der Waals surface area contributed by atoms with E-state index in [0.717, 1.165) is 52.5 Å². The number of nitrogens with one attached hydrogen (secondary N) is 3. The van der Waals surface area contributed by atoms with Crippen LogP contribution in [0.3, 0.4) is 0 Å². The number of rotatable bonds is 14. The Hall–Kier alpha value is -5.37. The molecule has 1 aromatic carbocycles. The molecule has 0 radical (unpaired) electrons. The summed E-state index contributed by atoms with van der Waals surface area (Å²) in [6, 6.07) is 17.1. The van der Waals surface area contributed by atoms with Gasteiger partial charge in [-0.2, -0.15) is 0 Å². The van der Waals surface area contributed by atoms with Crippen LogP contribution in [-0.2, 0) is 12.8 Å². The van der Waals surface area contributed by atoms with Gasteiger partial charge in [0.1, 0.15) is 17.2 Å². The number of amides is 2. The summed E-state index contributed by atoms with van der Waals surface area (Å²) in [6.07, 6.45) is 19.6. The number of aryl methyl sites for hydroxylation is 2. The van der Waals surface area contributed by atoms with Crippen molar-refractivity contribution >= 4 is 46.4 Å². The van der Waals surface area contributed by atoms with Gasteiger partial charge in [-0.05, 0) is 78.8 Å². The average Bonchev–Trinajstić information content (AvgIpc) is 3.59. The number of unbranched alkanes of at least 4 members (excludes halogenated alkanes) is 4. The summed E-state index contributed by atoms with van der Waals surface area (Å²) in [5.41, 5.74) is 6.56. The molecule has 5 rings (SSSR count). The number of aromatic nitrogens is 4. The molecule has 0 aliphatic rings. The van der Waals surface area contributed by atoms with E-state index in [1.807, 2.05) is 48.7 Å². The summed E-state index contributed by atoms with van der Waals surface area (Å²) < 4.78 is 0. The highest BCUT2D eigenvalue weighted by atomic mass is 16.2. The summed E-state index contributed by atoms with van der Waals surface area (Å²) in [5, 5.41) is 6.73. The van der Waals surface area contributed by atoms with E-state index in [1.165, 1.54) is 37.7 Å². The highest BCUT2D eigenvalue weighted by Crippen LogP contribution is 2.23. The van der Waals surface area contributed by atoms with E-state index in [9.17, 15) is 9.59 Å². The Balaban J connectivity index is 0.000000213. The number of fused-ring (bicyclic) bond motifs is 1. The van der Waals surface area contributed by atoms with Crippen LogP contribution in [0.5, 0.6) is 0 Å². The lowest BCUT2D eigenvalue weighted by molar-refractivity contribution is 0.101. The molecule has 47 heavy (non-hydrogen) atoms. The minimum Gasteiger partial charge on any atom is -0.361 e. The molecule has 0 bridgehead atoms. The maximum absolute atomic E-state index is 12.4. The third-order valence-corrected chi connectivity index (χ3v) is 7.78. The van der Waals surface area contributed by atoms with Crippen molar-refractivity contribution in [1.82, 2.24) is 19.9 Å². The van der Waals surface area contributed by atoms with Crippen LogP contribution in [0.1, 0.15) is 95.6 Å². The van der Waals surface area contributed by atoms with Crippen LogP contribution in [0, 0.1) is 0 Å². The van der Waals surface area contributed by atoms with Gasteiger partial charge in [0.05, 0.1) is 5.69 Å². The van der Waals surface area contributed by atoms with Crippen LogP contribution in [0.25, 0.3) is 23.1 Å². The number of H-pyrrole nitrogens is 1. The highest BCUT2D eigenvalue weighted by Gasteiger charge is 2.13. The van der Waals surface area contributed by atoms with Crippen LogP contribution in [0.4, 0.5) is 11.5 Å². The van der Waals surface area contributed by atoms with Gasteiger partial charge < -0.3 is 15.6 Å². The number of benzene rings is 1. The van der Waals surface area contributed by atoms with Gasteiger partial charge in [0.2, 0.25) is 0 Å². The summed E-state index contributed by atoms with van der Waals surface area (Å²) in [5.74, 6) is -0.00745. The molecule has 8 nitrogen and oxygen atoms in total. The molecule has 242 valence electrons. The number of hydrogen-bond donors (Lipinski definition) is 3. The Morgan fingerprint density at radius 2 is 1.38 bits per heavy atom. The first kappa shape index (κ1) is 34.5. The third kappa shape index (κ3) is 9.81. The summed E-state index contributed by atoms with van der Waals surface area (Å²) in [7, 11) is 0. The van der Waals surface area contributed by atoms with Gasteiger partial charge in [0.15, 0.2) is 0 Å². The molecule has 2 amide bonds. The van der Waals surface area contributed by atoms with Crippen LogP contribution in [0.2, 0.25) is 0 Å². The zero-order chi connectivity index (χ0) is 33.4. The standard InChI is InChI=1S/C20H23N3O.C19H21N3O/c1-4-7-8-9-15-10-11-18(22-14-15)20(24)23-19-17(6-3)16(5-2)12-13-21-19;1-2-3-4-6-14-9-10-18(21-13-14)19(23)22-17-8-5-7-16-15(17)11-12-20-16/h5-6,10-14H,2-4,7-9H2,1H3,(H,21,23,24);5,7-13,20H,2-4,6H2,1H3,(H,22,23). The monoisotopic (exact) mass is 628 g/mol. The van der Waals surface area contributed by atoms with Gasteiger partial charge >= 0.3 is 0 Å². The van der Waals surface area contributed by atoms with E-state index in [0.29, 0.717) is 17.2 Å². The van der Waals surface area contributed by atoms with E-state index < -0.39 is 0 Å². The highest BCUT2D eigenvalue weighted by molar-refractivity contribution is 6.08. The number of carbonyl (C=O) groups excluding carboxylic acids is 2. The van der Waals surface area contributed by atoms with E-state index in [2.05, 4.69) is 57.6 Å². The fourth-order valence-corrected chi connectivity index (χ4v) is 5.10. The van der Waals surface area contributed by atoms with Crippen LogP contribution >= 0.6 is 0 Å². The van der Waals surface area contributed by atoms with Gasteiger partial charge in [-0.15, -0.1) is 0 Å². The molecule has 0 aliphatic heterocycles. The van der Waals surface area contributed by atoms with Crippen molar-refractivity contribution < 1.29 is 9.59 Å². The minimum atomic E-state index is -0.285. The molecule has 0 saturated heterocycles. The second-order valence-electron chi connectivity index (χ2n) is 11.2. The number of aromatic amines is 1. The van der Waals surface area contributed by atoms with Gasteiger partial charge in [0, 0.05) is 41.3 Å². The number of carbonyl (C=O) groups is 2. The molecule has 0 spiro atoms. The Morgan fingerprint density at radius 1 is 0.745 bits per heavy atom. The van der Waals surface area contributed by atoms with E-state index >= 15 is 0 Å². The molecule has 4 aromatic heterocycles. The number of anilines is 2. The Morgan fingerprint density at radius 3 is 1.94 bits per heavy atom. The van der Waals surface area contributed by atoms with E-state index in [4.69, 9.17) is 0 Å². The fourth-order valence-electron chi connectivity index (χ4n) is 5.10. The zero-order valence-electron chi connectivity index (χ0n) is 27.4. The molecule has 5 aromatic rings. The van der Waals surface area contributed by atoms with Crippen LogP contribution < -0.4 is 10.6 Å². The minimum absolute atomic E-state index is 0.182. The van der Waals surface area contributed by atoms with Gasteiger partial charge in [-0.25, -0.2) is 4.98 Å². The SMILES string of the molecule is C=Cc1ccnc(NC(=O)c2ccc(CCCCC)cn2)c1C=C.CCCCCc1ccc(C(=O)Nc2cccc3[nH]ccc23)nc1. The maximum Gasteiger partial charge on any atom is 0.275 e. The van der Waals surface area contributed by atoms with E-state index in [-0.39, 0.29) is 11.8 Å². The van der Waals surface area contributed by atoms with Crippen molar-refractivity contribution in [3.05, 3.63) is 126 Å². The predicted molar refractivity (Wildman–Crippen MR) is 194 cm³/mol. The zero-order valence-corrected chi connectivity index (χ0v) is 27.4. The number of hydrogen-bond acceptors (Lipinski definition) is 5. The largest absolute Gasteiger partial charge is 0.361 e. The molecule has 0 saturated carbocycles. The molecular formula is C39H44N6O2.